The fourth-order valence-electron chi connectivity index (χ4n) is 3.94. The first kappa shape index (κ1) is 17.1. The topological polar surface area (TPSA) is 70.9 Å². The molecule has 4 aromatic heterocycles. The summed E-state index contributed by atoms with van der Waals surface area (Å²) in [4.78, 5) is 15.9. The van der Waals surface area contributed by atoms with Crippen molar-refractivity contribution in [3.05, 3.63) is 42.9 Å². The van der Waals surface area contributed by atoms with Gasteiger partial charge in [-0.25, -0.2) is 14.4 Å². The molecule has 0 radical (unpaired) electrons. The van der Waals surface area contributed by atoms with Crippen molar-refractivity contribution in [3.8, 4) is 11.1 Å². The van der Waals surface area contributed by atoms with Crippen LogP contribution < -0.4 is 5.32 Å². The Hall–Kier alpha value is -3.03. The van der Waals surface area contributed by atoms with Gasteiger partial charge in [0.15, 0.2) is 0 Å². The van der Waals surface area contributed by atoms with Gasteiger partial charge < -0.3 is 10.3 Å². The van der Waals surface area contributed by atoms with Gasteiger partial charge in [-0.3, -0.25) is 4.40 Å². The van der Waals surface area contributed by atoms with Gasteiger partial charge in [0.05, 0.1) is 12.7 Å². The molecule has 0 unspecified atom stereocenters. The third-order valence-electron chi connectivity index (χ3n) is 5.52. The molecular formula is C20H20F2N6. The molecule has 1 fully saturated rings. The molecule has 0 bridgehead atoms. The van der Waals surface area contributed by atoms with Crippen LogP contribution in [0.1, 0.15) is 32.1 Å². The van der Waals surface area contributed by atoms with Crippen molar-refractivity contribution in [1.82, 2.24) is 24.3 Å². The number of alkyl halides is 1. The third kappa shape index (κ3) is 2.98. The summed E-state index contributed by atoms with van der Waals surface area (Å²) in [6.07, 6.45) is 10.5. The number of aromatic nitrogens is 5. The van der Waals surface area contributed by atoms with Crippen molar-refractivity contribution in [2.75, 3.05) is 11.9 Å². The third-order valence-corrected chi connectivity index (χ3v) is 5.52. The van der Waals surface area contributed by atoms with Crippen LogP contribution in [-0.2, 0) is 0 Å². The Bertz CT molecular complexity index is 1140. The largest absolute Gasteiger partial charge is 0.351 e. The molecule has 28 heavy (non-hydrogen) atoms. The van der Waals surface area contributed by atoms with Crippen LogP contribution in [0.5, 0.6) is 0 Å². The maximum absolute atomic E-state index is 14.8. The lowest BCUT2D eigenvalue weighted by Gasteiger charge is -2.29. The minimum atomic E-state index is -1.18. The number of H-pyrrole nitrogens is 1. The van der Waals surface area contributed by atoms with Gasteiger partial charge in [-0.2, -0.15) is 9.37 Å². The van der Waals surface area contributed by atoms with Crippen molar-refractivity contribution < 1.29 is 8.78 Å². The summed E-state index contributed by atoms with van der Waals surface area (Å²) in [5.41, 5.74) is 1.71. The number of aromatic amines is 1. The molecule has 1 aliphatic carbocycles. The van der Waals surface area contributed by atoms with Crippen LogP contribution in [0.25, 0.3) is 27.8 Å². The maximum Gasteiger partial charge on any atom is 0.224 e. The molecule has 5 rings (SSSR count). The summed E-state index contributed by atoms with van der Waals surface area (Å²) in [5.74, 6) is -0.0121. The fraction of sp³-hybridized carbons (Fsp3) is 0.350. The van der Waals surface area contributed by atoms with Gasteiger partial charge in [-0.15, -0.1) is 0 Å². The number of nitrogens with one attached hydrogen (secondary N) is 2. The van der Waals surface area contributed by atoms with Gasteiger partial charge in [-0.1, -0.05) is 19.3 Å². The lowest BCUT2D eigenvalue weighted by Crippen LogP contribution is -2.34. The number of fused-ring (bicyclic) bond motifs is 2. The number of hydrogen-bond acceptors (Lipinski definition) is 4. The summed E-state index contributed by atoms with van der Waals surface area (Å²) in [6, 6.07) is 3.64. The number of halogens is 2. The molecule has 144 valence electrons. The van der Waals surface area contributed by atoms with E-state index in [2.05, 4.69) is 25.3 Å². The molecule has 2 N–H and O–H groups in total. The van der Waals surface area contributed by atoms with Gasteiger partial charge in [0.1, 0.15) is 17.0 Å². The molecule has 4 aromatic rings. The van der Waals surface area contributed by atoms with Gasteiger partial charge in [0.25, 0.3) is 0 Å². The van der Waals surface area contributed by atoms with Crippen molar-refractivity contribution in [2.45, 2.75) is 37.8 Å². The van der Waals surface area contributed by atoms with Crippen molar-refractivity contribution in [1.29, 1.82) is 0 Å². The Morgan fingerprint density at radius 1 is 1.14 bits per heavy atom. The summed E-state index contributed by atoms with van der Waals surface area (Å²) in [6.45, 7) is 0.225. The quantitative estimate of drug-likeness (QED) is 0.545. The lowest BCUT2D eigenvalue weighted by atomic mass is 9.86. The van der Waals surface area contributed by atoms with Crippen LogP contribution in [0.2, 0.25) is 0 Å². The molecule has 0 amide bonds. The Kier molecular flexibility index (Phi) is 3.99. The first-order chi connectivity index (χ1) is 13.6. The Morgan fingerprint density at radius 3 is 2.86 bits per heavy atom. The molecule has 0 aliphatic heterocycles. The minimum absolute atomic E-state index is 0.225. The standard InChI is InChI=1S/C20H20F2N6/c21-16-10-23-17-5-4-13(11-28(16)17)14-8-24-18-15(14)9-25-19(27-18)26-12-20(22)6-2-1-3-7-20/h4-5,8-11H,1-3,6-7,12H2,(H2,24,25,26,27). The van der Waals surface area contributed by atoms with Gasteiger partial charge in [-0.05, 0) is 25.0 Å². The van der Waals surface area contributed by atoms with E-state index >= 15 is 0 Å². The van der Waals surface area contributed by atoms with Crippen LogP contribution >= 0.6 is 0 Å². The van der Waals surface area contributed by atoms with Crippen LogP contribution in [0.15, 0.2) is 36.9 Å². The zero-order valence-electron chi connectivity index (χ0n) is 15.3. The smallest absolute Gasteiger partial charge is 0.224 e. The van der Waals surface area contributed by atoms with Gasteiger partial charge >= 0.3 is 0 Å². The van der Waals surface area contributed by atoms with Gasteiger partial charge in [0.2, 0.25) is 11.9 Å². The predicted molar refractivity (Wildman–Crippen MR) is 103 cm³/mol. The van der Waals surface area contributed by atoms with E-state index in [0.717, 1.165) is 35.8 Å². The Labute approximate surface area is 160 Å². The Morgan fingerprint density at radius 2 is 2.00 bits per heavy atom. The Balaban J connectivity index is 1.42. The van der Waals surface area contributed by atoms with Crippen LogP contribution in [0.3, 0.4) is 0 Å². The van der Waals surface area contributed by atoms with Crippen molar-refractivity contribution in [3.63, 3.8) is 0 Å². The zero-order valence-corrected chi connectivity index (χ0v) is 15.3. The van der Waals surface area contributed by atoms with E-state index in [9.17, 15) is 8.78 Å². The zero-order chi connectivity index (χ0) is 19.1. The number of rotatable bonds is 4. The average Bonchev–Trinajstić information content (AvgIpc) is 3.30. The lowest BCUT2D eigenvalue weighted by molar-refractivity contribution is 0.122. The second-order valence-electron chi connectivity index (χ2n) is 7.45. The molecule has 6 nitrogen and oxygen atoms in total. The molecular weight excluding hydrogens is 362 g/mol. The molecule has 0 spiro atoms. The van der Waals surface area contributed by atoms with Crippen LogP contribution in [0, 0.1) is 5.95 Å². The van der Waals surface area contributed by atoms with E-state index in [1.54, 1.807) is 18.5 Å². The second-order valence-corrected chi connectivity index (χ2v) is 7.45. The molecule has 1 aliphatic rings. The normalized spacial score (nSPS) is 16.6. The van der Waals surface area contributed by atoms with Crippen LogP contribution in [0.4, 0.5) is 14.7 Å². The molecule has 8 heteroatoms. The number of pyridine rings is 1. The second kappa shape index (κ2) is 6.54. The first-order valence-electron chi connectivity index (χ1n) is 9.51. The highest BCUT2D eigenvalue weighted by Gasteiger charge is 2.31. The monoisotopic (exact) mass is 382 g/mol. The van der Waals surface area contributed by atoms with Crippen LogP contribution in [-0.4, -0.2) is 36.6 Å². The summed E-state index contributed by atoms with van der Waals surface area (Å²) >= 11 is 0. The number of anilines is 1. The van der Waals surface area contributed by atoms with E-state index in [1.807, 2.05) is 12.3 Å². The van der Waals surface area contributed by atoms with Crippen molar-refractivity contribution >= 4 is 22.6 Å². The highest BCUT2D eigenvalue weighted by molar-refractivity contribution is 5.93. The average molecular weight is 382 g/mol. The SMILES string of the molecule is Fc1cnc2ccc(-c3c[nH]c4nc(NCC5(F)CCCCC5)ncc34)cn12. The number of hydrogen-bond donors (Lipinski definition) is 2. The van der Waals surface area contributed by atoms with E-state index in [1.165, 1.54) is 10.6 Å². The molecule has 4 heterocycles. The van der Waals surface area contributed by atoms with Crippen molar-refractivity contribution in [2.24, 2.45) is 0 Å². The highest BCUT2D eigenvalue weighted by atomic mass is 19.1. The van der Waals surface area contributed by atoms with E-state index < -0.39 is 11.6 Å². The molecule has 1 saturated carbocycles. The minimum Gasteiger partial charge on any atom is -0.351 e. The molecule has 0 aromatic carbocycles. The highest BCUT2D eigenvalue weighted by Crippen LogP contribution is 2.32. The molecule has 0 saturated heterocycles. The summed E-state index contributed by atoms with van der Waals surface area (Å²) in [7, 11) is 0. The summed E-state index contributed by atoms with van der Waals surface area (Å²) in [5, 5.41) is 3.86. The summed E-state index contributed by atoms with van der Waals surface area (Å²) < 4.78 is 30.0. The number of nitrogens with zero attached hydrogens (tertiary/aromatic N) is 4. The van der Waals surface area contributed by atoms with Gasteiger partial charge in [0, 0.05) is 35.1 Å². The number of imidazole rings is 1. The van der Waals surface area contributed by atoms with E-state index in [4.69, 9.17) is 0 Å². The fourth-order valence-corrected chi connectivity index (χ4v) is 3.94. The van der Waals surface area contributed by atoms with E-state index in [0.29, 0.717) is 30.1 Å². The van der Waals surface area contributed by atoms with E-state index in [-0.39, 0.29) is 6.54 Å². The maximum atomic E-state index is 14.8. The predicted octanol–water partition coefficient (Wildman–Crippen LogP) is 4.50. The molecule has 0 atom stereocenters. The first-order valence-corrected chi connectivity index (χ1v) is 9.51.